The first-order chi connectivity index (χ1) is 5.20. The lowest BCUT2D eigenvalue weighted by Gasteiger charge is -2.04. The molecule has 1 aliphatic rings. The molecule has 3 nitrogen and oxygen atoms in total. The summed E-state index contributed by atoms with van der Waals surface area (Å²) in [5.74, 6) is -0.595. The lowest BCUT2D eigenvalue weighted by molar-refractivity contribution is -0.123. The number of rotatable bonds is 1. The van der Waals surface area contributed by atoms with Gasteiger partial charge in [-0.2, -0.15) is 5.26 Å². The van der Waals surface area contributed by atoms with Gasteiger partial charge in [-0.3, -0.25) is 4.79 Å². The first-order valence-electron chi connectivity index (χ1n) is 3.79. The molecule has 0 aromatic carbocycles. The van der Waals surface area contributed by atoms with Crippen LogP contribution in [0.15, 0.2) is 0 Å². The van der Waals surface area contributed by atoms with Gasteiger partial charge < -0.3 is 4.74 Å². The van der Waals surface area contributed by atoms with Crippen molar-refractivity contribution in [2.24, 2.45) is 5.92 Å². The molecule has 0 spiro atoms. The molecular weight excluding hydrogens is 142 g/mol. The maximum absolute atomic E-state index is 11.2. The summed E-state index contributed by atoms with van der Waals surface area (Å²) in [4.78, 5) is 11.2. The van der Waals surface area contributed by atoms with Crippen LogP contribution in [0.1, 0.15) is 20.3 Å². The van der Waals surface area contributed by atoms with Gasteiger partial charge in [0.2, 0.25) is 0 Å². The molecule has 0 aromatic rings. The van der Waals surface area contributed by atoms with E-state index in [0.717, 1.165) is 0 Å². The number of hydrogen-bond donors (Lipinski definition) is 0. The molecule has 0 aromatic heterocycles. The Bertz CT molecular complexity index is 207. The molecule has 0 aliphatic carbocycles. The summed E-state index contributed by atoms with van der Waals surface area (Å²) in [5.41, 5.74) is 0. The molecule has 0 amide bonds. The van der Waals surface area contributed by atoms with Crippen LogP contribution < -0.4 is 0 Å². The molecule has 3 atom stereocenters. The minimum atomic E-state index is -0.542. The first kappa shape index (κ1) is 8.22. The summed E-state index contributed by atoms with van der Waals surface area (Å²) in [6.07, 6.45) is 0.105. The Hall–Kier alpha value is -0.880. The molecule has 0 N–H and O–H groups in total. The van der Waals surface area contributed by atoms with Gasteiger partial charge in [-0.1, -0.05) is 6.92 Å². The van der Waals surface area contributed by atoms with E-state index >= 15 is 0 Å². The minimum Gasteiger partial charge on any atom is -0.366 e. The van der Waals surface area contributed by atoms with Gasteiger partial charge in [-0.05, 0) is 13.3 Å². The van der Waals surface area contributed by atoms with E-state index in [2.05, 4.69) is 0 Å². The highest BCUT2D eigenvalue weighted by molar-refractivity contribution is 5.89. The predicted octanol–water partition coefficient (Wildman–Crippen LogP) is 0.893. The smallest absolute Gasteiger partial charge is 0.181 e. The number of ketones is 1. The van der Waals surface area contributed by atoms with Gasteiger partial charge >= 0.3 is 0 Å². The molecule has 1 fully saturated rings. The quantitative estimate of drug-likeness (QED) is 0.562. The number of nitriles is 1. The Kier molecular flexibility index (Phi) is 2.25. The zero-order valence-electron chi connectivity index (χ0n) is 6.70. The van der Waals surface area contributed by atoms with Crippen molar-refractivity contribution < 1.29 is 9.53 Å². The van der Waals surface area contributed by atoms with Crippen molar-refractivity contribution >= 4 is 5.78 Å². The van der Waals surface area contributed by atoms with Gasteiger partial charge in [-0.25, -0.2) is 0 Å². The van der Waals surface area contributed by atoms with Crippen LogP contribution in [-0.4, -0.2) is 18.0 Å². The van der Waals surface area contributed by atoms with Crippen LogP contribution in [0.4, 0.5) is 0 Å². The summed E-state index contributed by atoms with van der Waals surface area (Å²) < 4.78 is 5.25. The topological polar surface area (TPSA) is 50.1 Å². The summed E-state index contributed by atoms with van der Waals surface area (Å²) >= 11 is 0. The standard InChI is InChI=1S/C8H11NO2/c1-3-7-8(10)6(4-9)5(2)11-7/h5-7H,3H2,1-2H3. The highest BCUT2D eigenvalue weighted by Gasteiger charge is 2.39. The number of carbonyl (C=O) groups is 1. The second-order valence-electron chi connectivity index (χ2n) is 2.75. The molecule has 3 heteroatoms. The van der Waals surface area contributed by atoms with E-state index in [0.29, 0.717) is 6.42 Å². The van der Waals surface area contributed by atoms with E-state index < -0.39 is 5.92 Å². The highest BCUT2D eigenvalue weighted by Crippen LogP contribution is 2.23. The third-order valence-corrected chi connectivity index (χ3v) is 1.98. The molecule has 0 bridgehead atoms. The molecular formula is C8H11NO2. The molecule has 1 aliphatic heterocycles. The SMILES string of the molecule is CCC1OC(C)C(C#N)C1=O. The Morgan fingerprint density at radius 3 is 2.64 bits per heavy atom. The van der Waals surface area contributed by atoms with Crippen LogP contribution in [0.2, 0.25) is 0 Å². The van der Waals surface area contributed by atoms with Crippen LogP contribution >= 0.6 is 0 Å². The second-order valence-corrected chi connectivity index (χ2v) is 2.75. The van der Waals surface area contributed by atoms with Crippen LogP contribution in [0, 0.1) is 17.2 Å². The fraction of sp³-hybridized carbons (Fsp3) is 0.750. The minimum absolute atomic E-state index is 0.0532. The van der Waals surface area contributed by atoms with Gasteiger partial charge in [0.05, 0.1) is 12.2 Å². The number of ether oxygens (including phenoxy) is 1. The third kappa shape index (κ3) is 1.26. The van der Waals surface area contributed by atoms with Gasteiger partial charge in [0, 0.05) is 0 Å². The Morgan fingerprint density at radius 1 is 1.73 bits per heavy atom. The number of Topliss-reactive ketones (excluding diaryl/α,β-unsaturated/α-hetero) is 1. The number of carbonyl (C=O) groups excluding carboxylic acids is 1. The molecule has 1 heterocycles. The van der Waals surface area contributed by atoms with E-state index in [1.807, 2.05) is 13.0 Å². The molecule has 0 radical (unpaired) electrons. The second kappa shape index (κ2) is 3.02. The van der Waals surface area contributed by atoms with Gasteiger partial charge in [0.25, 0.3) is 0 Å². The van der Waals surface area contributed by atoms with Crippen molar-refractivity contribution in [2.45, 2.75) is 32.5 Å². The van der Waals surface area contributed by atoms with Crippen molar-refractivity contribution in [1.29, 1.82) is 5.26 Å². The van der Waals surface area contributed by atoms with E-state index in [1.165, 1.54) is 0 Å². The van der Waals surface area contributed by atoms with Gasteiger partial charge in [-0.15, -0.1) is 0 Å². The molecule has 3 unspecified atom stereocenters. The molecule has 1 rings (SSSR count). The van der Waals surface area contributed by atoms with Crippen LogP contribution in [0.25, 0.3) is 0 Å². The van der Waals surface area contributed by atoms with Crippen molar-refractivity contribution in [3.8, 4) is 6.07 Å². The van der Waals surface area contributed by atoms with Crippen LogP contribution in [0.5, 0.6) is 0 Å². The van der Waals surface area contributed by atoms with Gasteiger partial charge in [0.1, 0.15) is 12.0 Å². The average Bonchev–Trinajstić information content (AvgIpc) is 2.26. The van der Waals surface area contributed by atoms with E-state index in [-0.39, 0.29) is 18.0 Å². The predicted molar refractivity (Wildman–Crippen MR) is 38.7 cm³/mol. The third-order valence-electron chi connectivity index (χ3n) is 1.98. The summed E-state index contributed by atoms with van der Waals surface area (Å²) in [6.45, 7) is 3.65. The largest absolute Gasteiger partial charge is 0.366 e. The molecule has 0 saturated carbocycles. The fourth-order valence-corrected chi connectivity index (χ4v) is 1.30. The Balaban J connectivity index is 2.73. The monoisotopic (exact) mass is 153 g/mol. The summed E-state index contributed by atoms with van der Waals surface area (Å²) in [5, 5.41) is 8.57. The number of nitrogens with zero attached hydrogens (tertiary/aromatic N) is 1. The normalized spacial score (nSPS) is 37.2. The van der Waals surface area contributed by atoms with Crippen molar-refractivity contribution in [1.82, 2.24) is 0 Å². The maximum Gasteiger partial charge on any atom is 0.181 e. The summed E-state index contributed by atoms with van der Waals surface area (Å²) in [6, 6.07) is 1.95. The van der Waals surface area contributed by atoms with Crippen LogP contribution in [-0.2, 0) is 9.53 Å². The Morgan fingerprint density at radius 2 is 2.36 bits per heavy atom. The van der Waals surface area contributed by atoms with Crippen molar-refractivity contribution in [3.05, 3.63) is 0 Å². The van der Waals surface area contributed by atoms with Crippen molar-refractivity contribution in [3.63, 3.8) is 0 Å². The highest BCUT2D eigenvalue weighted by atomic mass is 16.5. The molecule has 1 saturated heterocycles. The average molecular weight is 153 g/mol. The lowest BCUT2D eigenvalue weighted by atomic mass is 10.00. The maximum atomic E-state index is 11.2. The molecule has 60 valence electrons. The van der Waals surface area contributed by atoms with E-state index in [1.54, 1.807) is 6.92 Å². The van der Waals surface area contributed by atoms with Gasteiger partial charge in [0.15, 0.2) is 5.78 Å². The Labute approximate surface area is 66.0 Å². The number of hydrogen-bond acceptors (Lipinski definition) is 3. The summed E-state index contributed by atoms with van der Waals surface area (Å²) in [7, 11) is 0. The van der Waals surface area contributed by atoms with Crippen LogP contribution in [0.3, 0.4) is 0 Å². The zero-order chi connectivity index (χ0) is 8.43. The molecule has 11 heavy (non-hydrogen) atoms. The first-order valence-corrected chi connectivity index (χ1v) is 3.79. The van der Waals surface area contributed by atoms with E-state index in [4.69, 9.17) is 10.00 Å². The zero-order valence-corrected chi connectivity index (χ0v) is 6.70. The van der Waals surface area contributed by atoms with E-state index in [9.17, 15) is 4.79 Å². The fourth-order valence-electron chi connectivity index (χ4n) is 1.30. The lowest BCUT2D eigenvalue weighted by Crippen LogP contribution is -2.18. The van der Waals surface area contributed by atoms with Crippen molar-refractivity contribution in [2.75, 3.05) is 0 Å².